The van der Waals surface area contributed by atoms with Gasteiger partial charge in [0.25, 0.3) is 0 Å². The molecule has 23 heavy (non-hydrogen) atoms. The van der Waals surface area contributed by atoms with E-state index in [1.165, 1.54) is 4.90 Å². The first-order valence-corrected chi connectivity index (χ1v) is 7.86. The largest absolute Gasteiger partial charge is 0.393 e. The van der Waals surface area contributed by atoms with Crippen LogP contribution in [0.15, 0.2) is 30.4 Å². The standard InChI is InChI=1S/C17H16ClNO4/c1-9-3-4-10(18)7-11(9)19-14(21)12-13(15(19)22)17(8-20)6-5-16(12,2)23-17/h3-7,12-13,20H,8H2,1-2H3/t12-,13-,16+,17-/m0/s1. The van der Waals surface area contributed by atoms with Gasteiger partial charge in [0.15, 0.2) is 0 Å². The van der Waals surface area contributed by atoms with Crippen LogP contribution in [0, 0.1) is 18.8 Å². The molecule has 3 aliphatic heterocycles. The van der Waals surface area contributed by atoms with Crippen LogP contribution < -0.4 is 4.90 Å². The van der Waals surface area contributed by atoms with Gasteiger partial charge in [-0.3, -0.25) is 9.59 Å². The topological polar surface area (TPSA) is 66.8 Å². The highest BCUT2D eigenvalue weighted by Gasteiger charge is 2.72. The van der Waals surface area contributed by atoms with Crippen LogP contribution in [0.25, 0.3) is 0 Å². The van der Waals surface area contributed by atoms with Crippen LogP contribution in [0.2, 0.25) is 5.02 Å². The number of amides is 2. The number of hydrogen-bond donors (Lipinski definition) is 1. The third-order valence-electron chi connectivity index (χ3n) is 5.22. The molecule has 0 unspecified atom stereocenters. The van der Waals surface area contributed by atoms with Gasteiger partial charge in [-0.05, 0) is 31.5 Å². The van der Waals surface area contributed by atoms with E-state index < -0.39 is 23.0 Å². The van der Waals surface area contributed by atoms with Crippen molar-refractivity contribution in [3.8, 4) is 0 Å². The molecule has 4 atom stereocenters. The summed E-state index contributed by atoms with van der Waals surface area (Å²) in [6.45, 7) is 3.28. The highest BCUT2D eigenvalue weighted by atomic mass is 35.5. The molecule has 5 nitrogen and oxygen atoms in total. The molecule has 0 aromatic heterocycles. The van der Waals surface area contributed by atoms with Crippen LogP contribution in [-0.2, 0) is 14.3 Å². The highest BCUT2D eigenvalue weighted by molar-refractivity contribution is 6.31. The van der Waals surface area contributed by atoms with Crippen molar-refractivity contribution >= 4 is 29.1 Å². The van der Waals surface area contributed by atoms with Crippen LogP contribution in [0.3, 0.4) is 0 Å². The van der Waals surface area contributed by atoms with Crippen molar-refractivity contribution in [2.75, 3.05) is 11.5 Å². The maximum absolute atomic E-state index is 13.0. The number of halogens is 1. The average molecular weight is 334 g/mol. The monoisotopic (exact) mass is 333 g/mol. The molecule has 0 aliphatic carbocycles. The molecule has 0 saturated carbocycles. The number of aliphatic hydroxyl groups is 1. The van der Waals surface area contributed by atoms with Crippen LogP contribution in [0.1, 0.15) is 12.5 Å². The lowest BCUT2D eigenvalue weighted by Crippen LogP contribution is -2.43. The van der Waals surface area contributed by atoms with Crippen LogP contribution >= 0.6 is 11.6 Å². The van der Waals surface area contributed by atoms with Gasteiger partial charge in [0.1, 0.15) is 5.60 Å². The minimum atomic E-state index is -1.10. The Morgan fingerprint density at radius 2 is 1.96 bits per heavy atom. The lowest BCUT2D eigenvalue weighted by molar-refractivity contribution is -0.131. The lowest BCUT2D eigenvalue weighted by Gasteiger charge is -2.27. The third kappa shape index (κ3) is 1.70. The van der Waals surface area contributed by atoms with E-state index in [9.17, 15) is 14.7 Å². The molecule has 6 heteroatoms. The number of benzene rings is 1. The van der Waals surface area contributed by atoms with Gasteiger partial charge in [-0.2, -0.15) is 0 Å². The van der Waals surface area contributed by atoms with Crippen LogP contribution in [0.4, 0.5) is 5.69 Å². The molecule has 1 aromatic carbocycles. The van der Waals surface area contributed by atoms with E-state index >= 15 is 0 Å². The average Bonchev–Trinajstić information content (AvgIpc) is 3.09. The zero-order valence-corrected chi connectivity index (χ0v) is 13.5. The fourth-order valence-corrected chi connectivity index (χ4v) is 4.27. The summed E-state index contributed by atoms with van der Waals surface area (Å²) in [4.78, 5) is 27.2. The summed E-state index contributed by atoms with van der Waals surface area (Å²) >= 11 is 6.04. The van der Waals surface area contributed by atoms with Crippen molar-refractivity contribution in [1.29, 1.82) is 0 Å². The third-order valence-corrected chi connectivity index (χ3v) is 5.45. The van der Waals surface area contributed by atoms with Crippen molar-refractivity contribution in [3.05, 3.63) is 40.9 Å². The van der Waals surface area contributed by atoms with Gasteiger partial charge in [-0.25, -0.2) is 4.90 Å². The number of aryl methyl sites for hydroxylation is 1. The molecule has 2 fully saturated rings. The molecule has 120 valence electrons. The lowest BCUT2D eigenvalue weighted by atomic mass is 9.73. The normalized spacial score (nSPS) is 37.8. The number of anilines is 1. The first kappa shape index (κ1) is 14.9. The fourth-order valence-electron chi connectivity index (χ4n) is 4.10. The Morgan fingerprint density at radius 1 is 1.26 bits per heavy atom. The Hall–Kier alpha value is -1.69. The summed E-state index contributed by atoms with van der Waals surface area (Å²) in [6, 6.07) is 5.12. The van der Waals surface area contributed by atoms with Gasteiger partial charge >= 0.3 is 0 Å². The Labute approximate surface area is 138 Å². The summed E-state index contributed by atoms with van der Waals surface area (Å²) in [5, 5.41) is 10.2. The van der Waals surface area contributed by atoms with E-state index in [-0.39, 0.29) is 18.4 Å². The van der Waals surface area contributed by atoms with Crippen molar-refractivity contribution in [3.63, 3.8) is 0 Å². The van der Waals surface area contributed by atoms with Crippen molar-refractivity contribution in [2.24, 2.45) is 11.8 Å². The predicted octanol–water partition coefficient (Wildman–Crippen LogP) is 1.84. The fraction of sp³-hybridized carbons (Fsp3) is 0.412. The maximum Gasteiger partial charge on any atom is 0.241 e. The maximum atomic E-state index is 13.0. The van der Waals surface area contributed by atoms with E-state index in [0.717, 1.165) is 5.56 Å². The molecule has 0 spiro atoms. The summed E-state index contributed by atoms with van der Waals surface area (Å²) in [6.07, 6.45) is 3.50. The summed E-state index contributed by atoms with van der Waals surface area (Å²) < 4.78 is 5.89. The van der Waals surface area contributed by atoms with E-state index in [1.807, 2.05) is 6.92 Å². The van der Waals surface area contributed by atoms with Gasteiger partial charge in [0.05, 0.1) is 29.7 Å². The first-order valence-electron chi connectivity index (χ1n) is 7.48. The number of rotatable bonds is 2. The van der Waals surface area contributed by atoms with E-state index in [2.05, 4.69) is 0 Å². The Kier molecular flexibility index (Phi) is 2.87. The van der Waals surface area contributed by atoms with E-state index in [0.29, 0.717) is 10.7 Å². The number of fused-ring (bicyclic) bond motifs is 5. The summed E-state index contributed by atoms with van der Waals surface area (Å²) in [5.41, 5.74) is -0.673. The van der Waals surface area contributed by atoms with E-state index in [4.69, 9.17) is 16.3 Å². The molecule has 2 bridgehead atoms. The molecule has 0 radical (unpaired) electrons. The Morgan fingerprint density at radius 3 is 2.65 bits per heavy atom. The minimum absolute atomic E-state index is 0.299. The first-order chi connectivity index (χ1) is 10.8. The molecule has 2 saturated heterocycles. The minimum Gasteiger partial charge on any atom is -0.393 e. The predicted molar refractivity (Wildman–Crippen MR) is 84.1 cm³/mol. The second-order valence-electron chi connectivity index (χ2n) is 6.63. The quantitative estimate of drug-likeness (QED) is 0.662. The molecule has 1 N–H and O–H groups in total. The molecule has 4 rings (SSSR count). The number of carbonyl (C=O) groups is 2. The summed E-state index contributed by atoms with van der Waals surface area (Å²) in [5.74, 6) is -1.96. The zero-order chi connectivity index (χ0) is 16.6. The molecule has 2 amide bonds. The number of hydrogen-bond acceptors (Lipinski definition) is 4. The number of carbonyl (C=O) groups excluding carboxylic acids is 2. The molecule has 3 aliphatic rings. The molecule has 3 heterocycles. The van der Waals surface area contributed by atoms with E-state index in [1.54, 1.807) is 37.3 Å². The Balaban J connectivity index is 1.85. The number of nitrogens with zero attached hydrogens (tertiary/aromatic N) is 1. The van der Waals surface area contributed by atoms with Crippen molar-refractivity contribution in [2.45, 2.75) is 25.0 Å². The summed E-state index contributed by atoms with van der Waals surface area (Å²) in [7, 11) is 0. The second kappa shape index (κ2) is 4.44. The molecule has 1 aromatic rings. The zero-order valence-electron chi connectivity index (χ0n) is 12.7. The van der Waals surface area contributed by atoms with Gasteiger partial charge in [-0.1, -0.05) is 29.8 Å². The highest BCUT2D eigenvalue weighted by Crippen LogP contribution is 2.57. The van der Waals surface area contributed by atoms with Gasteiger partial charge < -0.3 is 9.84 Å². The molecular weight excluding hydrogens is 318 g/mol. The van der Waals surface area contributed by atoms with Crippen LogP contribution in [-0.4, -0.2) is 34.7 Å². The van der Waals surface area contributed by atoms with Crippen LogP contribution in [0.5, 0.6) is 0 Å². The molecular formula is C17H16ClNO4. The van der Waals surface area contributed by atoms with Crippen molar-refractivity contribution < 1.29 is 19.4 Å². The van der Waals surface area contributed by atoms with Crippen molar-refractivity contribution in [1.82, 2.24) is 0 Å². The number of ether oxygens (including phenoxy) is 1. The van der Waals surface area contributed by atoms with Gasteiger partial charge in [0.2, 0.25) is 11.8 Å². The number of aliphatic hydroxyl groups excluding tert-OH is 1. The smallest absolute Gasteiger partial charge is 0.241 e. The Bertz CT molecular complexity index is 776. The SMILES string of the molecule is Cc1ccc(Cl)cc1N1C(=O)[C@@H]2[C@@H](C1=O)[C@@]1(CO)C=C[C@@]2(C)O1. The second-order valence-corrected chi connectivity index (χ2v) is 7.07. The van der Waals surface area contributed by atoms with Gasteiger partial charge in [0, 0.05) is 5.02 Å². The van der Waals surface area contributed by atoms with Gasteiger partial charge in [-0.15, -0.1) is 0 Å². The number of imide groups is 1.